The van der Waals surface area contributed by atoms with Crippen LogP contribution in [-0.2, 0) is 11.3 Å². The molecule has 0 aliphatic carbocycles. The lowest BCUT2D eigenvalue weighted by atomic mass is 10.1. The maximum atomic E-state index is 13.4. The van der Waals surface area contributed by atoms with Crippen LogP contribution in [0.25, 0.3) is 0 Å². The topological polar surface area (TPSA) is 85.9 Å². The van der Waals surface area contributed by atoms with Crippen molar-refractivity contribution in [2.24, 2.45) is 0 Å². The van der Waals surface area contributed by atoms with Gasteiger partial charge in [-0.05, 0) is 43.7 Å². The summed E-state index contributed by atoms with van der Waals surface area (Å²) in [7, 11) is 3.61. The van der Waals surface area contributed by atoms with Gasteiger partial charge in [0, 0.05) is 63.0 Å². The number of fused-ring (bicyclic) bond motifs is 1. The molecule has 1 fully saturated rings. The number of piperazine rings is 1. The maximum absolute atomic E-state index is 13.4. The highest BCUT2D eigenvalue weighted by Crippen LogP contribution is 2.35. The Balaban J connectivity index is 1.40. The Morgan fingerprint density at radius 3 is 2.86 bits per heavy atom. The normalized spacial score (nSPS) is 17.7. The van der Waals surface area contributed by atoms with Crippen LogP contribution in [0.1, 0.15) is 28.4 Å². The number of nitrogens with one attached hydrogen (secondary N) is 2. The van der Waals surface area contributed by atoms with E-state index in [1.165, 1.54) is 5.69 Å². The lowest BCUT2D eigenvalue weighted by molar-refractivity contribution is 0.0982. The number of hydrogen-bond acceptors (Lipinski definition) is 8. The number of hydrogen-bond donors (Lipinski definition) is 2. The van der Waals surface area contributed by atoms with E-state index in [4.69, 9.17) is 16.3 Å². The highest BCUT2D eigenvalue weighted by atomic mass is 35.5. The molecular formula is C27H32ClN7O2. The summed E-state index contributed by atoms with van der Waals surface area (Å²) in [6.45, 7) is 7.83. The molecule has 194 valence electrons. The number of carbonyl (C=O) groups is 1. The van der Waals surface area contributed by atoms with Crippen LogP contribution in [-0.4, -0.2) is 62.4 Å². The van der Waals surface area contributed by atoms with E-state index < -0.39 is 0 Å². The first-order valence-electron chi connectivity index (χ1n) is 12.4. The number of methoxy groups -OCH3 is 1. The van der Waals surface area contributed by atoms with E-state index >= 15 is 0 Å². The van der Waals surface area contributed by atoms with Crippen LogP contribution in [0.2, 0.25) is 5.02 Å². The number of halogens is 1. The number of nitrogens with zero attached hydrogens (tertiary/aromatic N) is 5. The largest absolute Gasteiger partial charge is 0.380 e. The number of anilines is 5. The molecule has 1 aromatic heterocycles. The second-order valence-corrected chi connectivity index (χ2v) is 10.0. The van der Waals surface area contributed by atoms with Gasteiger partial charge in [-0.2, -0.15) is 4.98 Å². The molecule has 2 aliphatic heterocycles. The predicted octanol–water partition coefficient (Wildman–Crippen LogP) is 4.18. The van der Waals surface area contributed by atoms with Crippen LogP contribution >= 0.6 is 11.6 Å². The molecule has 5 rings (SSSR count). The molecule has 2 aromatic carbocycles. The van der Waals surface area contributed by atoms with E-state index in [1.54, 1.807) is 24.3 Å². The van der Waals surface area contributed by atoms with Crippen molar-refractivity contribution in [2.75, 3.05) is 60.5 Å². The Morgan fingerprint density at radius 2 is 2.11 bits per heavy atom. The Morgan fingerprint density at radius 1 is 1.27 bits per heavy atom. The number of amides is 1. The van der Waals surface area contributed by atoms with Gasteiger partial charge in [0.1, 0.15) is 11.4 Å². The standard InChI is InChI=1S/C27H32ClN7O2/c1-17-6-5-7-22(28)24(17)35-16-33(3)25-21(26(35)36)13-30-27(32-25)31-20-8-9-23(19(12-20)15-37-4)34-11-10-29-18(2)14-34/h5-9,12-13,18,29H,10-11,14-16H2,1-4H3,(H,30,31,32)/t18-/m1/s1. The fourth-order valence-corrected chi connectivity index (χ4v) is 5.35. The Bertz CT molecular complexity index is 1300. The predicted molar refractivity (Wildman–Crippen MR) is 148 cm³/mol. The van der Waals surface area contributed by atoms with Crippen molar-refractivity contribution in [2.45, 2.75) is 26.5 Å². The van der Waals surface area contributed by atoms with Crippen LogP contribution in [0.5, 0.6) is 0 Å². The molecule has 37 heavy (non-hydrogen) atoms. The van der Waals surface area contributed by atoms with Gasteiger partial charge in [0.25, 0.3) is 5.91 Å². The lowest BCUT2D eigenvalue weighted by Crippen LogP contribution is -2.49. The molecule has 10 heteroatoms. The van der Waals surface area contributed by atoms with Gasteiger partial charge in [-0.1, -0.05) is 23.7 Å². The summed E-state index contributed by atoms with van der Waals surface area (Å²) in [6.07, 6.45) is 1.58. The van der Waals surface area contributed by atoms with Gasteiger partial charge in [0.05, 0.1) is 24.0 Å². The highest BCUT2D eigenvalue weighted by molar-refractivity contribution is 6.34. The molecule has 9 nitrogen and oxygen atoms in total. The van der Waals surface area contributed by atoms with Crippen LogP contribution in [0, 0.1) is 6.92 Å². The molecule has 0 unspecified atom stereocenters. The van der Waals surface area contributed by atoms with Gasteiger partial charge >= 0.3 is 0 Å². The van der Waals surface area contributed by atoms with Crippen molar-refractivity contribution >= 4 is 46.3 Å². The third-order valence-electron chi connectivity index (χ3n) is 6.76. The minimum atomic E-state index is -0.173. The van der Waals surface area contributed by atoms with E-state index in [0.717, 1.165) is 36.4 Å². The molecule has 1 amide bonds. The molecule has 1 atom stereocenters. The zero-order valence-electron chi connectivity index (χ0n) is 21.6. The Hall–Kier alpha value is -3.40. The van der Waals surface area contributed by atoms with Crippen molar-refractivity contribution in [3.63, 3.8) is 0 Å². The zero-order chi connectivity index (χ0) is 26.1. The first-order chi connectivity index (χ1) is 17.9. The number of aromatic nitrogens is 2. The molecular weight excluding hydrogens is 490 g/mol. The van der Waals surface area contributed by atoms with E-state index in [9.17, 15) is 4.79 Å². The number of ether oxygens (including phenoxy) is 1. The molecule has 1 saturated heterocycles. The van der Waals surface area contributed by atoms with Crippen LogP contribution in [0.15, 0.2) is 42.6 Å². The second kappa shape index (κ2) is 10.5. The van der Waals surface area contributed by atoms with Crippen molar-refractivity contribution in [1.29, 1.82) is 0 Å². The molecule has 3 heterocycles. The fourth-order valence-electron chi connectivity index (χ4n) is 5.02. The monoisotopic (exact) mass is 521 g/mol. The van der Waals surface area contributed by atoms with Crippen LogP contribution in [0.3, 0.4) is 0 Å². The molecule has 0 spiro atoms. The van der Waals surface area contributed by atoms with E-state index in [1.807, 2.05) is 37.1 Å². The maximum Gasteiger partial charge on any atom is 0.265 e. The molecule has 2 N–H and O–H groups in total. The average molecular weight is 522 g/mol. The van der Waals surface area contributed by atoms with Crippen LogP contribution in [0.4, 0.5) is 28.8 Å². The van der Waals surface area contributed by atoms with Crippen LogP contribution < -0.4 is 25.3 Å². The molecule has 3 aromatic rings. The van der Waals surface area contributed by atoms with Gasteiger partial charge in [0.15, 0.2) is 0 Å². The van der Waals surface area contributed by atoms with Gasteiger partial charge in [-0.3, -0.25) is 9.69 Å². The summed E-state index contributed by atoms with van der Waals surface area (Å²) in [5, 5.41) is 7.33. The molecule has 0 bridgehead atoms. The number of carbonyl (C=O) groups excluding carboxylic acids is 1. The highest BCUT2D eigenvalue weighted by Gasteiger charge is 2.32. The molecule has 0 radical (unpaired) electrons. The summed E-state index contributed by atoms with van der Waals surface area (Å²) in [6, 6.07) is 12.3. The number of benzene rings is 2. The van der Waals surface area contributed by atoms with E-state index in [2.05, 4.69) is 44.6 Å². The van der Waals surface area contributed by atoms with Gasteiger partial charge in [-0.15, -0.1) is 0 Å². The van der Waals surface area contributed by atoms with Gasteiger partial charge in [0.2, 0.25) is 5.95 Å². The van der Waals surface area contributed by atoms with Gasteiger partial charge in [-0.25, -0.2) is 4.98 Å². The Kier molecular flexibility index (Phi) is 7.19. The van der Waals surface area contributed by atoms with E-state index in [-0.39, 0.29) is 5.91 Å². The summed E-state index contributed by atoms with van der Waals surface area (Å²) in [4.78, 5) is 28.5. The van der Waals surface area contributed by atoms with Crippen molar-refractivity contribution in [3.8, 4) is 0 Å². The first kappa shape index (κ1) is 25.3. The quantitative estimate of drug-likeness (QED) is 0.499. The zero-order valence-corrected chi connectivity index (χ0v) is 22.3. The number of rotatable bonds is 6. The third kappa shape index (κ3) is 5.07. The van der Waals surface area contributed by atoms with Crippen molar-refractivity contribution < 1.29 is 9.53 Å². The smallest absolute Gasteiger partial charge is 0.265 e. The van der Waals surface area contributed by atoms with Gasteiger partial charge < -0.3 is 25.2 Å². The minimum Gasteiger partial charge on any atom is -0.380 e. The fraction of sp³-hybridized carbons (Fsp3) is 0.370. The summed E-state index contributed by atoms with van der Waals surface area (Å²) in [5.74, 6) is 0.826. The average Bonchev–Trinajstić information content (AvgIpc) is 2.87. The lowest BCUT2D eigenvalue weighted by Gasteiger charge is -2.36. The molecule has 0 saturated carbocycles. The minimum absolute atomic E-state index is 0.173. The van der Waals surface area contributed by atoms with Crippen molar-refractivity contribution in [1.82, 2.24) is 15.3 Å². The second-order valence-electron chi connectivity index (χ2n) is 9.61. The third-order valence-corrected chi connectivity index (χ3v) is 7.07. The summed E-state index contributed by atoms with van der Waals surface area (Å²) < 4.78 is 5.50. The molecule has 2 aliphatic rings. The first-order valence-corrected chi connectivity index (χ1v) is 12.8. The van der Waals surface area contributed by atoms with E-state index in [0.29, 0.717) is 47.4 Å². The SMILES string of the molecule is COCc1cc(Nc2ncc3c(n2)N(C)CN(c2c(C)cccc2Cl)C3=O)ccc1N1CCN[C@H](C)C1. The van der Waals surface area contributed by atoms with Crippen molar-refractivity contribution in [3.05, 3.63) is 64.3 Å². The number of aryl methyl sites for hydroxylation is 1. The summed E-state index contributed by atoms with van der Waals surface area (Å²) in [5.41, 5.74) is 5.20. The number of para-hydroxylation sites is 1. The Labute approximate surface area is 222 Å². The summed E-state index contributed by atoms with van der Waals surface area (Å²) >= 11 is 6.45.